The number of alkyl halides is 2. The highest BCUT2D eigenvalue weighted by Crippen LogP contribution is 2.21. The number of amides is 1. The van der Waals surface area contributed by atoms with Crippen LogP contribution in [0.25, 0.3) is 0 Å². The number of benzene rings is 2. The molecule has 0 aromatic heterocycles. The summed E-state index contributed by atoms with van der Waals surface area (Å²) in [5.41, 5.74) is 0.734. The van der Waals surface area contributed by atoms with Crippen molar-refractivity contribution in [2.75, 3.05) is 26.3 Å². The maximum absolute atomic E-state index is 13.5. The lowest BCUT2D eigenvalue weighted by Crippen LogP contribution is -2.37. The number of carboxylic acid groups (broad SMARTS) is 1. The standard InChI is InChI=1S/C26H31F4NO6/c1-3-35-23(24(32)33)16-18-6-8-19(9-7-18)36-15-14-31(13-5-4-12-26(2,29)30)25(34)37-20-10-11-21(27)22(28)17-20/h6-11,17,23H,3-5,12-16H2,1-2H3,(H,32,33). The molecule has 0 heterocycles. The van der Waals surface area contributed by atoms with E-state index in [1.807, 2.05) is 0 Å². The molecule has 1 atom stereocenters. The molecule has 2 aromatic carbocycles. The monoisotopic (exact) mass is 529 g/mol. The number of rotatable bonds is 15. The van der Waals surface area contributed by atoms with Crippen LogP contribution >= 0.6 is 0 Å². The lowest BCUT2D eigenvalue weighted by atomic mass is 10.1. The number of aliphatic carboxylic acids is 1. The first kappa shape index (κ1) is 29.9. The Balaban J connectivity index is 1.95. The molecule has 11 heteroatoms. The minimum Gasteiger partial charge on any atom is -0.492 e. The van der Waals surface area contributed by atoms with Crippen molar-refractivity contribution >= 4 is 12.1 Å². The highest BCUT2D eigenvalue weighted by molar-refractivity contribution is 5.72. The first-order chi connectivity index (χ1) is 17.5. The quantitative estimate of drug-likeness (QED) is 0.235. The average molecular weight is 530 g/mol. The predicted octanol–water partition coefficient (Wildman–Crippen LogP) is 5.70. The third-order valence-corrected chi connectivity index (χ3v) is 5.27. The van der Waals surface area contributed by atoms with Gasteiger partial charge in [0.1, 0.15) is 18.1 Å². The minimum atomic E-state index is -2.82. The number of unbranched alkanes of at least 4 members (excludes halogenated alkanes) is 1. The molecule has 2 rings (SSSR count). The summed E-state index contributed by atoms with van der Waals surface area (Å²) in [6.45, 7) is 2.97. The maximum Gasteiger partial charge on any atom is 0.415 e. The lowest BCUT2D eigenvalue weighted by Gasteiger charge is -2.22. The minimum absolute atomic E-state index is 0.0346. The highest BCUT2D eigenvalue weighted by Gasteiger charge is 2.22. The van der Waals surface area contributed by atoms with E-state index in [0.717, 1.165) is 30.7 Å². The van der Waals surface area contributed by atoms with Crippen molar-refractivity contribution in [2.45, 2.75) is 51.6 Å². The average Bonchev–Trinajstić information content (AvgIpc) is 2.83. The molecule has 1 N–H and O–H groups in total. The van der Waals surface area contributed by atoms with Gasteiger partial charge in [0, 0.05) is 32.1 Å². The molecule has 37 heavy (non-hydrogen) atoms. The first-order valence-electron chi connectivity index (χ1n) is 11.8. The number of hydrogen-bond donors (Lipinski definition) is 1. The van der Waals surface area contributed by atoms with Crippen LogP contribution in [0.2, 0.25) is 0 Å². The number of hydrogen-bond acceptors (Lipinski definition) is 5. The zero-order valence-electron chi connectivity index (χ0n) is 20.7. The molecule has 0 saturated carbocycles. The van der Waals surface area contributed by atoms with Crippen LogP contribution in [0.4, 0.5) is 22.4 Å². The third-order valence-electron chi connectivity index (χ3n) is 5.27. The van der Waals surface area contributed by atoms with Gasteiger partial charge in [-0.1, -0.05) is 12.1 Å². The predicted molar refractivity (Wildman–Crippen MR) is 127 cm³/mol. The molecule has 7 nitrogen and oxygen atoms in total. The number of nitrogens with zero attached hydrogens (tertiary/aromatic N) is 1. The SMILES string of the molecule is CCOC(Cc1ccc(OCCN(CCCCC(C)(F)F)C(=O)Oc2ccc(F)c(F)c2)cc1)C(=O)O. The number of ether oxygens (including phenoxy) is 3. The largest absolute Gasteiger partial charge is 0.492 e. The molecule has 0 aliphatic heterocycles. The van der Waals surface area contributed by atoms with Crippen molar-refractivity contribution in [3.8, 4) is 11.5 Å². The summed E-state index contributed by atoms with van der Waals surface area (Å²) in [5.74, 6) is -5.87. The van der Waals surface area contributed by atoms with Crippen LogP contribution in [-0.2, 0) is 16.0 Å². The summed E-state index contributed by atoms with van der Waals surface area (Å²) >= 11 is 0. The molecule has 0 aliphatic carbocycles. The van der Waals surface area contributed by atoms with E-state index in [4.69, 9.17) is 14.2 Å². The fraction of sp³-hybridized carbons (Fsp3) is 0.462. The molecule has 1 unspecified atom stereocenters. The molecule has 0 radical (unpaired) electrons. The molecule has 0 spiro atoms. The second kappa shape index (κ2) is 14.4. The molecule has 0 bridgehead atoms. The summed E-state index contributed by atoms with van der Waals surface area (Å²) in [7, 11) is 0. The Kier molecular flexibility index (Phi) is 11.6. The van der Waals surface area contributed by atoms with Crippen LogP contribution in [0.3, 0.4) is 0 Å². The van der Waals surface area contributed by atoms with Gasteiger partial charge in [0.25, 0.3) is 0 Å². The van der Waals surface area contributed by atoms with Crippen molar-refractivity contribution in [1.29, 1.82) is 0 Å². The van der Waals surface area contributed by atoms with Crippen LogP contribution < -0.4 is 9.47 Å². The van der Waals surface area contributed by atoms with Gasteiger partial charge in [-0.05, 0) is 56.5 Å². The van der Waals surface area contributed by atoms with Gasteiger partial charge in [-0.3, -0.25) is 0 Å². The summed E-state index contributed by atoms with van der Waals surface area (Å²) in [5, 5.41) is 9.20. The topological polar surface area (TPSA) is 85.3 Å². The van der Waals surface area contributed by atoms with Gasteiger partial charge in [-0.15, -0.1) is 0 Å². The van der Waals surface area contributed by atoms with Crippen molar-refractivity contribution in [3.05, 3.63) is 59.7 Å². The normalized spacial score (nSPS) is 12.2. The van der Waals surface area contributed by atoms with E-state index in [9.17, 15) is 32.3 Å². The Morgan fingerprint density at radius 2 is 1.68 bits per heavy atom. The Morgan fingerprint density at radius 3 is 2.27 bits per heavy atom. The van der Waals surface area contributed by atoms with Gasteiger partial charge in [0.15, 0.2) is 17.7 Å². The summed E-state index contributed by atoms with van der Waals surface area (Å²) in [4.78, 5) is 25.1. The van der Waals surface area contributed by atoms with E-state index in [-0.39, 0.29) is 57.7 Å². The van der Waals surface area contributed by atoms with Crippen molar-refractivity contribution in [2.24, 2.45) is 0 Å². The van der Waals surface area contributed by atoms with E-state index < -0.39 is 35.7 Å². The van der Waals surface area contributed by atoms with Gasteiger partial charge in [0.05, 0.1) is 6.54 Å². The molecule has 0 saturated heterocycles. The number of carboxylic acids is 1. The van der Waals surface area contributed by atoms with Crippen LogP contribution in [0.15, 0.2) is 42.5 Å². The zero-order chi connectivity index (χ0) is 27.4. The van der Waals surface area contributed by atoms with Gasteiger partial charge < -0.3 is 24.2 Å². The molecule has 204 valence electrons. The number of carbonyl (C=O) groups is 2. The molecule has 0 fully saturated rings. The van der Waals surface area contributed by atoms with Crippen LogP contribution in [0.5, 0.6) is 11.5 Å². The Morgan fingerprint density at radius 1 is 1.00 bits per heavy atom. The summed E-state index contributed by atoms with van der Waals surface area (Å²) in [6.07, 6.45) is -1.53. The van der Waals surface area contributed by atoms with E-state index >= 15 is 0 Å². The van der Waals surface area contributed by atoms with Gasteiger partial charge >= 0.3 is 12.1 Å². The second-order valence-corrected chi connectivity index (χ2v) is 8.44. The smallest absolute Gasteiger partial charge is 0.415 e. The second-order valence-electron chi connectivity index (χ2n) is 8.44. The van der Waals surface area contributed by atoms with Crippen LogP contribution in [0.1, 0.15) is 38.7 Å². The van der Waals surface area contributed by atoms with E-state index in [2.05, 4.69) is 0 Å². The van der Waals surface area contributed by atoms with Crippen molar-refractivity contribution < 1.29 is 46.5 Å². The Labute approximate surface area is 212 Å². The fourth-order valence-electron chi connectivity index (χ4n) is 3.37. The molecule has 1 amide bonds. The molecule has 2 aromatic rings. The third kappa shape index (κ3) is 11.1. The fourth-order valence-corrected chi connectivity index (χ4v) is 3.37. The molecule has 0 aliphatic rings. The Bertz CT molecular complexity index is 1010. The van der Waals surface area contributed by atoms with E-state index in [1.165, 1.54) is 4.90 Å². The molecular weight excluding hydrogens is 498 g/mol. The van der Waals surface area contributed by atoms with E-state index in [1.54, 1.807) is 31.2 Å². The number of carbonyl (C=O) groups excluding carboxylic acids is 1. The molecular formula is C26H31F4NO6. The summed E-state index contributed by atoms with van der Waals surface area (Å²) < 4.78 is 68.8. The lowest BCUT2D eigenvalue weighted by molar-refractivity contribution is -0.149. The maximum atomic E-state index is 13.5. The van der Waals surface area contributed by atoms with Crippen molar-refractivity contribution in [1.82, 2.24) is 4.90 Å². The van der Waals surface area contributed by atoms with Crippen LogP contribution in [0, 0.1) is 11.6 Å². The Hall–Kier alpha value is -3.34. The number of halogens is 4. The highest BCUT2D eigenvalue weighted by atomic mass is 19.3. The van der Waals surface area contributed by atoms with E-state index in [0.29, 0.717) is 5.75 Å². The van der Waals surface area contributed by atoms with Crippen molar-refractivity contribution in [3.63, 3.8) is 0 Å². The summed E-state index contributed by atoms with van der Waals surface area (Å²) in [6, 6.07) is 9.35. The van der Waals surface area contributed by atoms with Gasteiger partial charge in [0.2, 0.25) is 5.92 Å². The zero-order valence-corrected chi connectivity index (χ0v) is 20.7. The van der Waals surface area contributed by atoms with Crippen LogP contribution in [-0.4, -0.2) is 60.4 Å². The van der Waals surface area contributed by atoms with Gasteiger partial charge in [-0.2, -0.15) is 0 Å². The van der Waals surface area contributed by atoms with Gasteiger partial charge in [-0.25, -0.2) is 27.2 Å². The first-order valence-corrected chi connectivity index (χ1v) is 11.8.